The van der Waals surface area contributed by atoms with Gasteiger partial charge in [-0.2, -0.15) is 5.10 Å². The number of amides is 1. The summed E-state index contributed by atoms with van der Waals surface area (Å²) in [6.45, 7) is 8.07. The number of carbonyl (C=O) groups is 1. The molecule has 0 aliphatic carbocycles. The molecule has 0 spiro atoms. The summed E-state index contributed by atoms with van der Waals surface area (Å²) in [7, 11) is 0. The molecule has 1 aromatic carbocycles. The molecule has 0 aliphatic rings. The molecule has 0 saturated carbocycles. The monoisotopic (exact) mass is 431 g/mol. The van der Waals surface area contributed by atoms with Gasteiger partial charge < -0.3 is 9.88 Å². The molecule has 8 heteroatoms. The quantitative estimate of drug-likeness (QED) is 0.645. The minimum Gasteiger partial charge on any atom is -0.327 e. The fraction of sp³-hybridized carbons (Fsp3) is 0.368. The number of H-pyrrole nitrogens is 2. The molecule has 0 fully saturated rings. The first kappa shape index (κ1) is 19.3. The maximum absolute atomic E-state index is 13.1. The summed E-state index contributed by atoms with van der Waals surface area (Å²) in [6.07, 6.45) is 0. The molecule has 3 rings (SSSR count). The number of rotatable bonds is 5. The van der Waals surface area contributed by atoms with Gasteiger partial charge in [-0.25, -0.2) is 4.98 Å². The molecular weight excluding hydrogens is 410 g/mol. The molecule has 142 valence electrons. The van der Waals surface area contributed by atoms with Gasteiger partial charge in [0.25, 0.3) is 11.5 Å². The summed E-state index contributed by atoms with van der Waals surface area (Å²) in [4.78, 5) is 34.3. The molecule has 0 unspecified atom stereocenters. The van der Waals surface area contributed by atoms with Crippen molar-refractivity contribution in [3.05, 3.63) is 56.3 Å². The Morgan fingerprint density at radius 3 is 2.56 bits per heavy atom. The normalized spacial score (nSPS) is 11.5. The van der Waals surface area contributed by atoms with Gasteiger partial charge >= 0.3 is 0 Å². The van der Waals surface area contributed by atoms with Crippen LogP contribution in [-0.4, -0.2) is 37.0 Å². The van der Waals surface area contributed by atoms with Crippen LogP contribution < -0.4 is 5.56 Å². The van der Waals surface area contributed by atoms with Crippen molar-refractivity contribution >= 4 is 32.7 Å². The van der Waals surface area contributed by atoms with Crippen LogP contribution in [0.2, 0.25) is 0 Å². The molecule has 0 aliphatic heterocycles. The van der Waals surface area contributed by atoms with E-state index in [1.54, 1.807) is 23.1 Å². The lowest BCUT2D eigenvalue weighted by atomic mass is 10.1. The second kappa shape index (κ2) is 7.64. The lowest BCUT2D eigenvalue weighted by molar-refractivity contribution is 0.0678. The molecule has 0 radical (unpaired) electrons. The largest absolute Gasteiger partial charge is 0.327 e. The standard InChI is InChI=1S/C19H22BrN5O2/c1-10(2)16-15(20)17(24-23-16)19(27)25(11(3)4)9-14-21-13-8-6-5-7-12(13)18(26)22-14/h5-8,10-11H,9H2,1-4H3,(H,23,24)(H,21,22,26). The van der Waals surface area contributed by atoms with Crippen LogP contribution in [-0.2, 0) is 6.54 Å². The minimum atomic E-state index is -0.226. The van der Waals surface area contributed by atoms with E-state index in [9.17, 15) is 9.59 Å². The van der Waals surface area contributed by atoms with Gasteiger partial charge in [0.1, 0.15) is 5.82 Å². The highest BCUT2D eigenvalue weighted by molar-refractivity contribution is 9.10. The first-order chi connectivity index (χ1) is 12.8. The molecule has 27 heavy (non-hydrogen) atoms. The Morgan fingerprint density at radius 1 is 1.22 bits per heavy atom. The molecule has 0 atom stereocenters. The number of nitrogens with one attached hydrogen (secondary N) is 2. The average Bonchev–Trinajstić information content (AvgIpc) is 3.00. The number of benzene rings is 1. The van der Waals surface area contributed by atoms with Gasteiger partial charge in [0.2, 0.25) is 0 Å². The van der Waals surface area contributed by atoms with Crippen molar-refractivity contribution in [2.45, 2.75) is 46.2 Å². The van der Waals surface area contributed by atoms with Crippen LogP contribution in [0.5, 0.6) is 0 Å². The molecule has 3 aromatic rings. The third-order valence-corrected chi connectivity index (χ3v) is 5.18. The van der Waals surface area contributed by atoms with E-state index in [-0.39, 0.29) is 30.0 Å². The Hall–Kier alpha value is -2.48. The molecule has 2 heterocycles. The van der Waals surface area contributed by atoms with Gasteiger partial charge in [0, 0.05) is 6.04 Å². The number of aromatic nitrogens is 4. The number of nitrogens with zero attached hydrogens (tertiary/aromatic N) is 3. The summed E-state index contributed by atoms with van der Waals surface area (Å²) < 4.78 is 0.674. The number of halogens is 1. The predicted octanol–water partition coefficient (Wildman–Crippen LogP) is 3.58. The van der Waals surface area contributed by atoms with Gasteiger partial charge in [-0.05, 0) is 47.8 Å². The van der Waals surface area contributed by atoms with Crippen LogP contribution in [0.15, 0.2) is 33.5 Å². The molecular formula is C19H22BrN5O2. The number of fused-ring (bicyclic) bond motifs is 1. The van der Waals surface area contributed by atoms with E-state index in [1.807, 2.05) is 33.8 Å². The lowest BCUT2D eigenvalue weighted by Crippen LogP contribution is -2.37. The van der Waals surface area contributed by atoms with Crippen LogP contribution in [0.1, 0.15) is 55.6 Å². The van der Waals surface area contributed by atoms with Gasteiger partial charge in [-0.3, -0.25) is 14.7 Å². The maximum Gasteiger partial charge on any atom is 0.276 e. The summed E-state index contributed by atoms with van der Waals surface area (Å²) in [5.41, 5.74) is 1.60. The van der Waals surface area contributed by atoms with E-state index < -0.39 is 0 Å². The fourth-order valence-electron chi connectivity index (χ4n) is 2.86. The molecule has 0 bridgehead atoms. The third kappa shape index (κ3) is 3.80. The van der Waals surface area contributed by atoms with Crippen LogP contribution in [0.4, 0.5) is 0 Å². The van der Waals surface area contributed by atoms with E-state index in [0.717, 1.165) is 5.69 Å². The Bertz CT molecular complexity index is 1040. The van der Waals surface area contributed by atoms with Crippen molar-refractivity contribution < 1.29 is 4.79 Å². The van der Waals surface area contributed by atoms with Crippen molar-refractivity contribution in [1.82, 2.24) is 25.1 Å². The maximum atomic E-state index is 13.1. The number of aromatic amines is 2. The first-order valence-corrected chi connectivity index (χ1v) is 9.61. The third-order valence-electron chi connectivity index (χ3n) is 4.38. The van der Waals surface area contributed by atoms with Crippen LogP contribution in [0.3, 0.4) is 0 Å². The van der Waals surface area contributed by atoms with E-state index in [2.05, 4.69) is 36.1 Å². The van der Waals surface area contributed by atoms with E-state index in [0.29, 0.717) is 26.9 Å². The predicted molar refractivity (Wildman–Crippen MR) is 108 cm³/mol. The minimum absolute atomic E-state index is 0.0969. The van der Waals surface area contributed by atoms with E-state index >= 15 is 0 Å². The highest BCUT2D eigenvalue weighted by atomic mass is 79.9. The number of carbonyl (C=O) groups excluding carboxylic acids is 1. The van der Waals surface area contributed by atoms with Gasteiger partial charge in [-0.1, -0.05) is 26.0 Å². The highest BCUT2D eigenvalue weighted by Gasteiger charge is 2.26. The highest BCUT2D eigenvalue weighted by Crippen LogP contribution is 2.27. The van der Waals surface area contributed by atoms with Crippen molar-refractivity contribution in [2.24, 2.45) is 0 Å². The van der Waals surface area contributed by atoms with Crippen LogP contribution >= 0.6 is 15.9 Å². The second-order valence-electron chi connectivity index (χ2n) is 7.01. The Morgan fingerprint density at radius 2 is 1.93 bits per heavy atom. The van der Waals surface area contributed by atoms with Crippen LogP contribution in [0.25, 0.3) is 10.9 Å². The van der Waals surface area contributed by atoms with Crippen LogP contribution in [0, 0.1) is 0 Å². The van der Waals surface area contributed by atoms with Crippen molar-refractivity contribution in [2.75, 3.05) is 0 Å². The number of para-hydroxylation sites is 1. The molecule has 2 N–H and O–H groups in total. The Balaban J connectivity index is 1.95. The van der Waals surface area contributed by atoms with Crippen molar-refractivity contribution in [3.8, 4) is 0 Å². The zero-order valence-corrected chi connectivity index (χ0v) is 17.3. The summed E-state index contributed by atoms with van der Waals surface area (Å²) >= 11 is 3.48. The molecule has 7 nitrogen and oxygen atoms in total. The smallest absolute Gasteiger partial charge is 0.276 e. The molecule has 1 amide bonds. The average molecular weight is 432 g/mol. The summed E-state index contributed by atoms with van der Waals surface area (Å²) in [5, 5.41) is 7.65. The van der Waals surface area contributed by atoms with Gasteiger partial charge in [0.05, 0.1) is 27.6 Å². The van der Waals surface area contributed by atoms with E-state index in [1.165, 1.54) is 0 Å². The van der Waals surface area contributed by atoms with Gasteiger partial charge in [0.15, 0.2) is 5.69 Å². The fourth-order valence-corrected chi connectivity index (χ4v) is 3.67. The van der Waals surface area contributed by atoms with Crippen molar-refractivity contribution in [1.29, 1.82) is 0 Å². The number of hydrogen-bond acceptors (Lipinski definition) is 4. The van der Waals surface area contributed by atoms with E-state index in [4.69, 9.17) is 0 Å². The summed E-state index contributed by atoms with van der Waals surface area (Å²) in [6, 6.07) is 7.04. The van der Waals surface area contributed by atoms with Gasteiger partial charge in [-0.15, -0.1) is 0 Å². The topological polar surface area (TPSA) is 94.7 Å². The Kier molecular flexibility index (Phi) is 5.46. The Labute approximate surface area is 165 Å². The number of hydrogen-bond donors (Lipinski definition) is 2. The lowest BCUT2D eigenvalue weighted by Gasteiger charge is -2.25. The molecule has 2 aromatic heterocycles. The van der Waals surface area contributed by atoms with Crippen molar-refractivity contribution in [3.63, 3.8) is 0 Å². The zero-order valence-electron chi connectivity index (χ0n) is 15.7. The second-order valence-corrected chi connectivity index (χ2v) is 7.80. The summed E-state index contributed by atoms with van der Waals surface area (Å²) in [5.74, 6) is 0.423. The first-order valence-electron chi connectivity index (χ1n) is 8.82. The molecule has 0 saturated heterocycles. The SMILES string of the molecule is CC(C)c1[nH]nc(C(=O)N(Cc2nc3ccccc3c(=O)[nH]2)C(C)C)c1Br. The zero-order chi connectivity index (χ0) is 19.7.